The molecule has 0 amide bonds. The minimum Gasteiger partial charge on any atom is -0.511 e. The zero-order chi connectivity index (χ0) is 15.9. The number of aliphatic hydroxyl groups excluding tert-OH is 1. The highest BCUT2D eigenvalue weighted by Crippen LogP contribution is 2.50. The molecule has 1 aromatic rings. The molecule has 3 rings (SSSR count). The Kier molecular flexibility index (Phi) is 3.83. The number of hydroxylamine groups is 2. The van der Waals surface area contributed by atoms with Gasteiger partial charge in [-0.25, -0.2) is 0 Å². The van der Waals surface area contributed by atoms with Crippen LogP contribution < -0.4 is 0 Å². The van der Waals surface area contributed by atoms with Gasteiger partial charge in [0.15, 0.2) is 5.78 Å². The minimum absolute atomic E-state index is 0.0667. The first-order valence-corrected chi connectivity index (χ1v) is 7.80. The van der Waals surface area contributed by atoms with E-state index in [1.54, 1.807) is 7.11 Å². The van der Waals surface area contributed by atoms with Gasteiger partial charge in [-0.1, -0.05) is 23.8 Å². The summed E-state index contributed by atoms with van der Waals surface area (Å²) in [6.07, 6.45) is 1.93. The van der Waals surface area contributed by atoms with Gasteiger partial charge in [0.25, 0.3) is 0 Å². The van der Waals surface area contributed by atoms with Crippen LogP contribution in [0.1, 0.15) is 36.0 Å². The topological polar surface area (TPSA) is 49.8 Å². The fourth-order valence-corrected chi connectivity index (χ4v) is 3.67. The number of aryl methyl sites for hydroxylation is 2. The first-order valence-electron chi connectivity index (χ1n) is 7.80. The van der Waals surface area contributed by atoms with E-state index in [0.717, 1.165) is 42.6 Å². The lowest BCUT2D eigenvalue weighted by molar-refractivity contribution is -0.158. The third kappa shape index (κ3) is 2.36. The van der Waals surface area contributed by atoms with Gasteiger partial charge in [0.1, 0.15) is 5.76 Å². The first kappa shape index (κ1) is 15.3. The molecule has 0 unspecified atom stereocenters. The molecule has 0 aromatic heterocycles. The molecule has 0 radical (unpaired) electrons. The van der Waals surface area contributed by atoms with Gasteiger partial charge in [0, 0.05) is 24.9 Å². The summed E-state index contributed by atoms with van der Waals surface area (Å²) in [5.74, 6) is 0.360. The summed E-state index contributed by atoms with van der Waals surface area (Å²) < 4.78 is 0. The average molecular weight is 301 g/mol. The van der Waals surface area contributed by atoms with Gasteiger partial charge >= 0.3 is 0 Å². The largest absolute Gasteiger partial charge is 0.511 e. The number of allylic oxidation sites excluding steroid dienone is 2. The van der Waals surface area contributed by atoms with E-state index in [4.69, 9.17) is 4.84 Å². The van der Waals surface area contributed by atoms with E-state index in [9.17, 15) is 9.90 Å². The van der Waals surface area contributed by atoms with Crippen molar-refractivity contribution in [2.75, 3.05) is 20.2 Å². The maximum Gasteiger partial charge on any atom is 0.167 e. The van der Waals surface area contributed by atoms with Crippen LogP contribution in [0.5, 0.6) is 0 Å². The van der Waals surface area contributed by atoms with Crippen LogP contribution >= 0.6 is 0 Å². The number of rotatable bonds is 2. The van der Waals surface area contributed by atoms with Gasteiger partial charge in [0.2, 0.25) is 0 Å². The molecule has 0 atom stereocenters. The third-order valence-corrected chi connectivity index (χ3v) is 5.12. The normalized spacial score (nSPS) is 21.9. The summed E-state index contributed by atoms with van der Waals surface area (Å²) in [5, 5.41) is 12.7. The second-order valence-corrected chi connectivity index (χ2v) is 6.53. The molecule has 22 heavy (non-hydrogen) atoms. The number of carbonyl (C=O) groups excluding carboxylic acids is 1. The molecular formula is C18H23NO3. The summed E-state index contributed by atoms with van der Waals surface area (Å²) in [6, 6.07) is 6.04. The maximum atomic E-state index is 12.6. The Balaban J connectivity index is 2.00. The second-order valence-electron chi connectivity index (χ2n) is 6.53. The van der Waals surface area contributed by atoms with Crippen molar-refractivity contribution < 1.29 is 14.7 Å². The Bertz CT molecular complexity index is 640. The second kappa shape index (κ2) is 5.52. The molecule has 0 saturated carbocycles. The van der Waals surface area contributed by atoms with Crippen molar-refractivity contribution in [1.29, 1.82) is 0 Å². The summed E-state index contributed by atoms with van der Waals surface area (Å²) in [7, 11) is 1.66. The fourth-order valence-electron chi connectivity index (χ4n) is 3.67. The van der Waals surface area contributed by atoms with Crippen LogP contribution in [-0.2, 0) is 9.63 Å². The summed E-state index contributed by atoms with van der Waals surface area (Å²) >= 11 is 0. The number of aliphatic hydroxyl groups is 1. The van der Waals surface area contributed by atoms with E-state index < -0.39 is 5.41 Å². The molecule has 1 aromatic carbocycles. The van der Waals surface area contributed by atoms with Gasteiger partial charge in [-0.05, 0) is 37.8 Å². The maximum absolute atomic E-state index is 12.6. The number of nitrogens with zero attached hydrogens (tertiary/aromatic N) is 1. The van der Waals surface area contributed by atoms with Gasteiger partial charge in [-0.2, -0.15) is 5.06 Å². The van der Waals surface area contributed by atoms with E-state index in [0.29, 0.717) is 17.8 Å². The Morgan fingerprint density at radius 1 is 1.23 bits per heavy atom. The van der Waals surface area contributed by atoms with Crippen LogP contribution in [0.25, 0.3) is 5.57 Å². The number of Topliss-reactive ketones (excluding diaryl/α,β-unsaturated/α-hetero) is 1. The van der Waals surface area contributed by atoms with Crippen molar-refractivity contribution in [2.45, 2.75) is 33.1 Å². The summed E-state index contributed by atoms with van der Waals surface area (Å²) in [4.78, 5) is 17.9. The molecule has 118 valence electrons. The van der Waals surface area contributed by atoms with Crippen LogP contribution in [0.2, 0.25) is 0 Å². The predicted octanol–water partition coefficient (Wildman–Crippen LogP) is 3.19. The van der Waals surface area contributed by atoms with E-state index >= 15 is 0 Å². The van der Waals surface area contributed by atoms with Crippen molar-refractivity contribution in [3.05, 3.63) is 40.6 Å². The number of ketones is 1. The molecule has 1 heterocycles. The minimum atomic E-state index is -0.391. The quantitative estimate of drug-likeness (QED) is 0.911. The van der Waals surface area contributed by atoms with Gasteiger partial charge in [-0.15, -0.1) is 0 Å². The average Bonchev–Trinajstić information content (AvgIpc) is 2.74. The molecule has 1 spiro atoms. The SMILES string of the molecule is CON1CCC2(CC1)CC(=O)C(c1cc(C)ccc1C)=C2O. The predicted molar refractivity (Wildman–Crippen MR) is 85.3 cm³/mol. The molecule has 1 N–H and O–H groups in total. The number of carbonyl (C=O) groups is 1. The van der Waals surface area contributed by atoms with Crippen LogP contribution in [0.15, 0.2) is 24.0 Å². The van der Waals surface area contributed by atoms with Crippen molar-refractivity contribution in [3.63, 3.8) is 0 Å². The van der Waals surface area contributed by atoms with Crippen molar-refractivity contribution in [1.82, 2.24) is 5.06 Å². The zero-order valence-electron chi connectivity index (χ0n) is 13.5. The Hall–Kier alpha value is -1.65. The molecule has 1 saturated heterocycles. The van der Waals surface area contributed by atoms with Crippen LogP contribution in [0.4, 0.5) is 0 Å². The molecule has 0 bridgehead atoms. The van der Waals surface area contributed by atoms with Crippen molar-refractivity contribution >= 4 is 11.4 Å². The number of benzene rings is 1. The van der Waals surface area contributed by atoms with E-state index in [-0.39, 0.29) is 5.78 Å². The molecule has 2 aliphatic rings. The van der Waals surface area contributed by atoms with Crippen molar-refractivity contribution in [2.24, 2.45) is 5.41 Å². The van der Waals surface area contributed by atoms with E-state index in [2.05, 4.69) is 0 Å². The highest BCUT2D eigenvalue weighted by molar-refractivity contribution is 6.24. The van der Waals surface area contributed by atoms with E-state index in [1.807, 2.05) is 37.1 Å². The molecule has 4 nitrogen and oxygen atoms in total. The zero-order valence-corrected chi connectivity index (χ0v) is 13.5. The lowest BCUT2D eigenvalue weighted by Gasteiger charge is -2.37. The fraction of sp³-hybridized carbons (Fsp3) is 0.500. The van der Waals surface area contributed by atoms with Gasteiger partial charge in [0.05, 0.1) is 12.7 Å². The number of hydrogen-bond acceptors (Lipinski definition) is 4. The number of hydrogen-bond donors (Lipinski definition) is 1. The van der Waals surface area contributed by atoms with Crippen LogP contribution in [0.3, 0.4) is 0 Å². The van der Waals surface area contributed by atoms with Gasteiger partial charge in [-0.3, -0.25) is 4.79 Å². The summed E-state index contributed by atoms with van der Waals surface area (Å²) in [6.45, 7) is 5.48. The first-order chi connectivity index (χ1) is 10.5. The Morgan fingerprint density at radius 3 is 2.55 bits per heavy atom. The summed E-state index contributed by atoms with van der Waals surface area (Å²) in [5.41, 5.74) is 3.16. The van der Waals surface area contributed by atoms with Crippen LogP contribution in [-0.4, -0.2) is 36.2 Å². The standard InChI is InChI=1S/C18H23NO3/c1-12-4-5-13(2)14(10-12)16-15(20)11-18(17(16)21)6-8-19(22-3)9-7-18/h4-5,10,21H,6-9,11H2,1-3H3. The highest BCUT2D eigenvalue weighted by Gasteiger charge is 2.48. The van der Waals surface area contributed by atoms with Crippen LogP contribution in [0, 0.1) is 19.3 Å². The highest BCUT2D eigenvalue weighted by atomic mass is 16.7. The van der Waals surface area contributed by atoms with E-state index in [1.165, 1.54) is 0 Å². The third-order valence-electron chi connectivity index (χ3n) is 5.12. The molecule has 4 heteroatoms. The lowest BCUT2D eigenvalue weighted by Crippen LogP contribution is -2.39. The Morgan fingerprint density at radius 2 is 1.91 bits per heavy atom. The molecule has 1 aliphatic carbocycles. The smallest absolute Gasteiger partial charge is 0.167 e. The molecule has 1 aliphatic heterocycles. The molecule has 1 fully saturated rings. The Labute approximate surface area is 131 Å². The number of piperidine rings is 1. The van der Waals surface area contributed by atoms with Crippen molar-refractivity contribution in [3.8, 4) is 0 Å². The van der Waals surface area contributed by atoms with Gasteiger partial charge < -0.3 is 9.94 Å². The molecular weight excluding hydrogens is 278 g/mol. The monoisotopic (exact) mass is 301 g/mol. The lowest BCUT2D eigenvalue weighted by atomic mass is 9.77.